The van der Waals surface area contributed by atoms with E-state index >= 15 is 0 Å². The number of aliphatic hydroxyl groups excluding tert-OH is 1. The van der Waals surface area contributed by atoms with Crippen LogP contribution in [0.1, 0.15) is 151 Å². The molecule has 0 amide bonds. The van der Waals surface area contributed by atoms with Crippen LogP contribution >= 0.6 is 0 Å². The van der Waals surface area contributed by atoms with E-state index in [1.54, 1.807) is 13.8 Å². The summed E-state index contributed by atoms with van der Waals surface area (Å²) in [5, 5.41) is 9.59. The van der Waals surface area contributed by atoms with Crippen molar-refractivity contribution >= 4 is 17.5 Å². The third-order valence-electron chi connectivity index (χ3n) is 6.81. The first-order chi connectivity index (χ1) is 16.5. The number of hydrogen-bond acceptors (Lipinski definition) is 5. The van der Waals surface area contributed by atoms with Gasteiger partial charge in [-0.05, 0) is 64.2 Å². The van der Waals surface area contributed by atoms with Crippen LogP contribution in [0.25, 0.3) is 0 Å². The molecular weight excluding hydrogens is 440 g/mol. The van der Waals surface area contributed by atoms with E-state index in [9.17, 15) is 19.5 Å². The van der Waals surface area contributed by atoms with Crippen molar-refractivity contribution in [2.75, 3.05) is 0 Å². The zero-order valence-electron chi connectivity index (χ0n) is 24.2. The van der Waals surface area contributed by atoms with E-state index < -0.39 is 0 Å². The molecule has 0 radical (unpaired) electrons. The number of ketones is 2. The molecule has 0 saturated heterocycles. The van der Waals surface area contributed by atoms with Crippen molar-refractivity contribution in [3.8, 4) is 0 Å². The first-order valence-electron chi connectivity index (χ1n) is 14.4. The third kappa shape index (κ3) is 25.7. The van der Waals surface area contributed by atoms with E-state index in [1.165, 1.54) is 51.9 Å². The molecule has 0 spiro atoms. The summed E-state index contributed by atoms with van der Waals surface area (Å²) < 4.78 is 5.31. The maximum absolute atomic E-state index is 11.0. The highest BCUT2D eigenvalue weighted by molar-refractivity contribution is 5.75. The summed E-state index contributed by atoms with van der Waals surface area (Å²) in [6.07, 6.45) is 17.0. The zero-order chi connectivity index (χ0) is 27.1. The van der Waals surface area contributed by atoms with Gasteiger partial charge in [0.05, 0.1) is 6.10 Å². The molecule has 208 valence electrons. The number of esters is 1. The minimum atomic E-state index is -0.178. The average Bonchev–Trinajstić information content (AvgIpc) is 2.80. The van der Waals surface area contributed by atoms with E-state index in [-0.39, 0.29) is 18.2 Å². The Bertz CT molecular complexity index is 531. The Morgan fingerprint density at radius 2 is 1.03 bits per heavy atom. The number of unbranched alkanes of at least 4 members (excludes halogenated alkanes) is 8. The molecule has 4 atom stereocenters. The lowest BCUT2D eigenvalue weighted by Crippen LogP contribution is -2.23. The quantitative estimate of drug-likeness (QED) is 0.128. The predicted octanol–water partition coefficient (Wildman–Crippen LogP) is 8.00. The highest BCUT2D eigenvalue weighted by Gasteiger charge is 2.17. The molecule has 0 aliphatic heterocycles. The van der Waals surface area contributed by atoms with Crippen LogP contribution in [0.15, 0.2) is 0 Å². The van der Waals surface area contributed by atoms with Gasteiger partial charge in [-0.2, -0.15) is 0 Å². The molecule has 0 bridgehead atoms. The topological polar surface area (TPSA) is 80.7 Å². The predicted molar refractivity (Wildman–Crippen MR) is 146 cm³/mol. The van der Waals surface area contributed by atoms with Gasteiger partial charge < -0.3 is 19.4 Å². The van der Waals surface area contributed by atoms with E-state index in [0.717, 1.165) is 57.8 Å². The second-order valence-electron chi connectivity index (χ2n) is 10.5. The first kappa shape index (κ1) is 35.9. The Labute approximate surface area is 217 Å². The smallest absolute Gasteiger partial charge is 0.302 e. The second kappa shape index (κ2) is 24.5. The molecule has 0 saturated carbocycles. The van der Waals surface area contributed by atoms with Crippen molar-refractivity contribution in [2.24, 2.45) is 11.8 Å². The van der Waals surface area contributed by atoms with Gasteiger partial charge in [0.15, 0.2) is 0 Å². The molecule has 35 heavy (non-hydrogen) atoms. The van der Waals surface area contributed by atoms with E-state index in [4.69, 9.17) is 4.74 Å². The van der Waals surface area contributed by atoms with Crippen molar-refractivity contribution in [1.82, 2.24) is 0 Å². The number of Topliss-reactive ketones (excluding diaryl/α,β-unsaturated/α-hetero) is 2. The van der Waals surface area contributed by atoms with Crippen LogP contribution in [0.3, 0.4) is 0 Å². The Balaban J connectivity index is 0. The number of ether oxygens (including phenoxy) is 1. The van der Waals surface area contributed by atoms with Crippen LogP contribution in [0, 0.1) is 11.8 Å². The van der Waals surface area contributed by atoms with Crippen molar-refractivity contribution in [3.63, 3.8) is 0 Å². The summed E-state index contributed by atoms with van der Waals surface area (Å²) in [5.74, 6) is 1.29. The highest BCUT2D eigenvalue weighted by atomic mass is 16.5. The Kier molecular flexibility index (Phi) is 25.1. The van der Waals surface area contributed by atoms with Gasteiger partial charge in [0, 0.05) is 19.8 Å². The standard InChI is InChI=1S/C16H30O3.C14H28O2/c1-5-16(19-15(4)18)13(2)11-9-7-6-8-10-12-14(3)17;1-4-14(16)12(2)10-8-6-5-7-9-11-13(3)15/h13,16H,5-12H2,1-4H3;12,14,16H,4-11H2,1-3H3/t13-,16+;12-,14+/m11/s1. The summed E-state index contributed by atoms with van der Waals surface area (Å²) in [5.41, 5.74) is 0. The van der Waals surface area contributed by atoms with Crippen molar-refractivity contribution in [2.45, 2.75) is 163 Å². The van der Waals surface area contributed by atoms with Crippen molar-refractivity contribution < 1.29 is 24.2 Å². The molecule has 0 heterocycles. The number of rotatable bonds is 21. The Morgan fingerprint density at radius 3 is 1.40 bits per heavy atom. The van der Waals surface area contributed by atoms with Crippen LogP contribution < -0.4 is 0 Å². The molecular formula is C30H58O5. The minimum Gasteiger partial charge on any atom is -0.462 e. The molecule has 0 aliphatic carbocycles. The van der Waals surface area contributed by atoms with Gasteiger partial charge in [0.25, 0.3) is 0 Å². The SMILES string of the molecule is CC[C@H](O)[C@H](C)CCCCCCCC(C)=O.CC[C@H](OC(C)=O)[C@H](C)CCCCCCCC(C)=O. The average molecular weight is 499 g/mol. The van der Waals surface area contributed by atoms with E-state index in [1.807, 2.05) is 6.92 Å². The van der Waals surface area contributed by atoms with Gasteiger partial charge in [0.1, 0.15) is 17.7 Å². The molecule has 0 unspecified atom stereocenters. The maximum Gasteiger partial charge on any atom is 0.302 e. The van der Waals surface area contributed by atoms with Gasteiger partial charge in [-0.1, -0.05) is 79.1 Å². The summed E-state index contributed by atoms with van der Waals surface area (Å²) in [7, 11) is 0. The van der Waals surface area contributed by atoms with Crippen molar-refractivity contribution in [3.05, 3.63) is 0 Å². The molecule has 0 aromatic rings. The van der Waals surface area contributed by atoms with Gasteiger partial charge in [0.2, 0.25) is 0 Å². The molecule has 0 rings (SSSR count). The second-order valence-corrected chi connectivity index (χ2v) is 10.5. The number of hydrogen-bond donors (Lipinski definition) is 1. The number of carbonyl (C=O) groups is 3. The monoisotopic (exact) mass is 498 g/mol. The van der Waals surface area contributed by atoms with Crippen LogP contribution in [0.4, 0.5) is 0 Å². The van der Waals surface area contributed by atoms with Gasteiger partial charge in [-0.25, -0.2) is 0 Å². The summed E-state index contributed by atoms with van der Waals surface area (Å²) in [4.78, 5) is 32.4. The first-order valence-corrected chi connectivity index (χ1v) is 14.4. The van der Waals surface area contributed by atoms with Crippen LogP contribution in [0.5, 0.6) is 0 Å². The van der Waals surface area contributed by atoms with Crippen molar-refractivity contribution in [1.29, 1.82) is 0 Å². The summed E-state index contributed by atoms with van der Waals surface area (Å²) in [6, 6.07) is 0. The lowest BCUT2D eigenvalue weighted by Gasteiger charge is -2.22. The van der Waals surface area contributed by atoms with E-state index in [2.05, 4.69) is 20.8 Å². The normalized spacial score (nSPS) is 14.3. The summed E-state index contributed by atoms with van der Waals surface area (Å²) in [6.45, 7) is 13.2. The highest BCUT2D eigenvalue weighted by Crippen LogP contribution is 2.20. The molecule has 5 heteroatoms. The number of aliphatic hydroxyl groups is 1. The fourth-order valence-electron chi connectivity index (χ4n) is 4.34. The molecule has 1 N–H and O–H groups in total. The Hall–Kier alpha value is -1.23. The molecule has 0 aliphatic rings. The third-order valence-corrected chi connectivity index (χ3v) is 6.81. The van der Waals surface area contributed by atoms with Crippen LogP contribution in [-0.2, 0) is 19.1 Å². The van der Waals surface area contributed by atoms with Crippen LogP contribution in [-0.4, -0.2) is 34.9 Å². The van der Waals surface area contributed by atoms with Gasteiger partial charge in [-0.3, -0.25) is 4.79 Å². The lowest BCUT2D eigenvalue weighted by molar-refractivity contribution is -0.149. The van der Waals surface area contributed by atoms with Crippen LogP contribution in [0.2, 0.25) is 0 Å². The van der Waals surface area contributed by atoms with Gasteiger partial charge in [-0.15, -0.1) is 0 Å². The fraction of sp³-hybridized carbons (Fsp3) is 0.900. The Morgan fingerprint density at radius 1 is 0.629 bits per heavy atom. The maximum atomic E-state index is 11.0. The van der Waals surface area contributed by atoms with E-state index in [0.29, 0.717) is 23.4 Å². The molecule has 0 aromatic carbocycles. The minimum absolute atomic E-state index is 0.0650. The lowest BCUT2D eigenvalue weighted by atomic mass is 9.95. The number of carbonyl (C=O) groups excluding carboxylic acids is 3. The summed E-state index contributed by atoms with van der Waals surface area (Å²) >= 11 is 0. The zero-order valence-corrected chi connectivity index (χ0v) is 24.2. The van der Waals surface area contributed by atoms with Gasteiger partial charge >= 0.3 is 5.97 Å². The largest absolute Gasteiger partial charge is 0.462 e. The molecule has 5 nitrogen and oxygen atoms in total. The fourth-order valence-corrected chi connectivity index (χ4v) is 4.34. The molecule has 0 aromatic heterocycles. The molecule has 0 fully saturated rings.